The van der Waals surface area contributed by atoms with Crippen molar-refractivity contribution in [2.75, 3.05) is 13.2 Å². The zero-order valence-electron chi connectivity index (χ0n) is 16.3. The van der Waals surface area contributed by atoms with Gasteiger partial charge in [-0.1, -0.05) is 23.7 Å². The number of thiophene rings is 1. The SMILES string of the molecule is CCOC(=O)C1=C(COC(=O)CCc2ccsc2)NC(=O)NC1c1ccc(Cl)cc1. The van der Waals surface area contributed by atoms with Crippen LogP contribution in [0.3, 0.4) is 0 Å². The summed E-state index contributed by atoms with van der Waals surface area (Å²) in [6.45, 7) is 1.61. The first-order chi connectivity index (χ1) is 14.5. The van der Waals surface area contributed by atoms with Gasteiger partial charge in [-0.05, 0) is 53.4 Å². The highest BCUT2D eigenvalue weighted by molar-refractivity contribution is 7.07. The summed E-state index contributed by atoms with van der Waals surface area (Å²) in [6.07, 6.45) is 0.763. The minimum Gasteiger partial charge on any atom is -0.463 e. The molecule has 3 rings (SSSR count). The summed E-state index contributed by atoms with van der Waals surface area (Å²) in [5.74, 6) is -1.03. The molecular formula is C21H21ClN2O5S. The van der Waals surface area contributed by atoms with Gasteiger partial charge < -0.3 is 20.1 Å². The van der Waals surface area contributed by atoms with Crippen LogP contribution in [0.1, 0.15) is 30.5 Å². The summed E-state index contributed by atoms with van der Waals surface area (Å²) in [7, 11) is 0. The number of amides is 2. The van der Waals surface area contributed by atoms with Crippen molar-refractivity contribution in [2.45, 2.75) is 25.8 Å². The van der Waals surface area contributed by atoms with Crippen LogP contribution in [0.2, 0.25) is 5.02 Å². The molecule has 1 aliphatic heterocycles. The van der Waals surface area contributed by atoms with Gasteiger partial charge in [-0.3, -0.25) is 4.79 Å². The smallest absolute Gasteiger partial charge is 0.338 e. The number of nitrogens with one attached hydrogen (secondary N) is 2. The van der Waals surface area contributed by atoms with Crippen molar-refractivity contribution in [3.63, 3.8) is 0 Å². The molecule has 1 aromatic heterocycles. The predicted octanol–water partition coefficient (Wildman–Crippen LogP) is 3.75. The molecule has 0 aliphatic carbocycles. The summed E-state index contributed by atoms with van der Waals surface area (Å²) < 4.78 is 10.5. The number of ether oxygens (including phenoxy) is 2. The maximum Gasteiger partial charge on any atom is 0.338 e. The highest BCUT2D eigenvalue weighted by Gasteiger charge is 2.34. The Hall–Kier alpha value is -2.84. The van der Waals surface area contributed by atoms with E-state index in [-0.39, 0.29) is 30.9 Å². The zero-order valence-corrected chi connectivity index (χ0v) is 17.8. The second-order valence-electron chi connectivity index (χ2n) is 6.49. The first-order valence-corrected chi connectivity index (χ1v) is 10.7. The fourth-order valence-corrected chi connectivity index (χ4v) is 3.82. The van der Waals surface area contributed by atoms with E-state index in [1.807, 2.05) is 16.8 Å². The van der Waals surface area contributed by atoms with Gasteiger partial charge in [0.05, 0.1) is 23.9 Å². The summed E-state index contributed by atoms with van der Waals surface area (Å²) in [4.78, 5) is 37.0. The Bertz CT molecular complexity index is 941. The maximum absolute atomic E-state index is 12.7. The molecule has 158 valence electrons. The van der Waals surface area contributed by atoms with Gasteiger partial charge in [-0.15, -0.1) is 0 Å². The van der Waals surface area contributed by atoms with Gasteiger partial charge in [0.15, 0.2) is 0 Å². The van der Waals surface area contributed by atoms with Crippen LogP contribution in [0.15, 0.2) is 52.4 Å². The van der Waals surface area contributed by atoms with Crippen LogP contribution in [0.5, 0.6) is 0 Å². The van der Waals surface area contributed by atoms with Gasteiger partial charge in [0, 0.05) is 11.4 Å². The van der Waals surface area contributed by atoms with Crippen molar-refractivity contribution in [1.29, 1.82) is 0 Å². The van der Waals surface area contributed by atoms with E-state index in [1.54, 1.807) is 42.5 Å². The lowest BCUT2D eigenvalue weighted by Gasteiger charge is -2.29. The fourth-order valence-electron chi connectivity index (χ4n) is 2.99. The molecule has 0 bridgehead atoms. The summed E-state index contributed by atoms with van der Waals surface area (Å²) in [5.41, 5.74) is 2.09. The van der Waals surface area contributed by atoms with E-state index < -0.39 is 24.0 Å². The van der Waals surface area contributed by atoms with Crippen LogP contribution in [0.4, 0.5) is 4.79 Å². The molecular weight excluding hydrogens is 428 g/mol. The Labute approximate surface area is 183 Å². The van der Waals surface area contributed by atoms with Crippen LogP contribution < -0.4 is 10.6 Å². The van der Waals surface area contributed by atoms with E-state index in [4.69, 9.17) is 21.1 Å². The van der Waals surface area contributed by atoms with Gasteiger partial charge in [0.1, 0.15) is 6.61 Å². The quantitative estimate of drug-likeness (QED) is 0.600. The van der Waals surface area contributed by atoms with Crippen LogP contribution in [-0.2, 0) is 25.5 Å². The molecule has 0 spiro atoms. The Morgan fingerprint density at radius 2 is 1.93 bits per heavy atom. The number of aryl methyl sites for hydroxylation is 1. The van der Waals surface area contributed by atoms with E-state index in [1.165, 1.54) is 0 Å². The Morgan fingerprint density at radius 3 is 2.60 bits per heavy atom. The fraction of sp³-hybridized carbons (Fsp3) is 0.286. The van der Waals surface area contributed by atoms with Crippen molar-refractivity contribution < 1.29 is 23.9 Å². The second kappa shape index (κ2) is 10.3. The normalized spacial score (nSPS) is 15.9. The van der Waals surface area contributed by atoms with Gasteiger partial charge in [-0.25, -0.2) is 9.59 Å². The zero-order chi connectivity index (χ0) is 21.5. The maximum atomic E-state index is 12.7. The summed E-state index contributed by atoms with van der Waals surface area (Å²) in [5, 5.41) is 9.72. The average molecular weight is 449 g/mol. The Balaban J connectivity index is 1.79. The summed E-state index contributed by atoms with van der Waals surface area (Å²) >= 11 is 7.51. The van der Waals surface area contributed by atoms with Crippen molar-refractivity contribution >= 4 is 40.9 Å². The Kier molecular flexibility index (Phi) is 7.48. The van der Waals surface area contributed by atoms with Gasteiger partial charge >= 0.3 is 18.0 Å². The first kappa shape index (κ1) is 21.9. The second-order valence-corrected chi connectivity index (χ2v) is 7.70. The third-order valence-electron chi connectivity index (χ3n) is 4.43. The molecule has 1 aromatic carbocycles. The van der Waals surface area contributed by atoms with Crippen LogP contribution in [0, 0.1) is 0 Å². The predicted molar refractivity (Wildman–Crippen MR) is 113 cm³/mol. The molecule has 1 atom stereocenters. The minimum absolute atomic E-state index is 0.164. The van der Waals surface area contributed by atoms with Gasteiger partial charge in [0.2, 0.25) is 0 Å². The van der Waals surface area contributed by atoms with E-state index in [0.29, 0.717) is 17.0 Å². The topological polar surface area (TPSA) is 93.7 Å². The standard InChI is InChI=1S/C21H21ClN2O5S/c1-2-28-20(26)18-16(11-29-17(25)8-3-13-9-10-30-12-13)23-21(27)24-19(18)14-4-6-15(22)7-5-14/h4-7,9-10,12,19H,2-3,8,11H2,1H3,(H2,23,24,27). The lowest BCUT2D eigenvalue weighted by atomic mass is 9.95. The lowest BCUT2D eigenvalue weighted by molar-refractivity contribution is -0.143. The molecule has 2 N–H and O–H groups in total. The molecule has 0 saturated heterocycles. The van der Waals surface area contributed by atoms with Crippen LogP contribution in [-0.4, -0.2) is 31.2 Å². The number of halogens is 1. The van der Waals surface area contributed by atoms with E-state index in [2.05, 4.69) is 10.6 Å². The molecule has 2 amide bonds. The van der Waals surface area contributed by atoms with Crippen molar-refractivity contribution in [2.24, 2.45) is 0 Å². The lowest BCUT2D eigenvalue weighted by Crippen LogP contribution is -2.47. The number of rotatable bonds is 8. The average Bonchev–Trinajstić information content (AvgIpc) is 3.24. The van der Waals surface area contributed by atoms with E-state index in [9.17, 15) is 14.4 Å². The number of hydrogen-bond acceptors (Lipinski definition) is 6. The largest absolute Gasteiger partial charge is 0.463 e. The molecule has 0 saturated carbocycles. The molecule has 0 fully saturated rings. The third kappa shape index (κ3) is 5.61. The van der Waals surface area contributed by atoms with Gasteiger partial charge in [0.25, 0.3) is 0 Å². The number of carbonyl (C=O) groups is 3. The third-order valence-corrected chi connectivity index (χ3v) is 5.41. The molecule has 30 heavy (non-hydrogen) atoms. The molecule has 9 heteroatoms. The van der Waals surface area contributed by atoms with Crippen molar-refractivity contribution in [3.8, 4) is 0 Å². The number of benzene rings is 1. The summed E-state index contributed by atoms with van der Waals surface area (Å²) in [6, 6.07) is 7.44. The number of urea groups is 1. The molecule has 2 aromatic rings. The monoisotopic (exact) mass is 448 g/mol. The Morgan fingerprint density at radius 1 is 1.17 bits per heavy atom. The number of carbonyl (C=O) groups excluding carboxylic acids is 3. The number of esters is 2. The number of hydrogen-bond donors (Lipinski definition) is 2. The first-order valence-electron chi connectivity index (χ1n) is 9.37. The van der Waals surface area contributed by atoms with E-state index in [0.717, 1.165) is 5.56 Å². The molecule has 0 radical (unpaired) electrons. The van der Waals surface area contributed by atoms with Gasteiger partial charge in [-0.2, -0.15) is 11.3 Å². The van der Waals surface area contributed by atoms with Crippen molar-refractivity contribution in [1.82, 2.24) is 10.6 Å². The molecule has 7 nitrogen and oxygen atoms in total. The van der Waals surface area contributed by atoms with Crippen LogP contribution in [0.25, 0.3) is 0 Å². The molecule has 2 heterocycles. The van der Waals surface area contributed by atoms with Crippen molar-refractivity contribution in [3.05, 3.63) is 68.5 Å². The molecule has 1 aliphatic rings. The van der Waals surface area contributed by atoms with Crippen LogP contribution >= 0.6 is 22.9 Å². The minimum atomic E-state index is -0.755. The molecule has 1 unspecified atom stereocenters. The van der Waals surface area contributed by atoms with E-state index >= 15 is 0 Å². The highest BCUT2D eigenvalue weighted by Crippen LogP contribution is 2.29. The highest BCUT2D eigenvalue weighted by atomic mass is 35.5.